The number of hydrogen-bond acceptors (Lipinski definition) is 2. The molecule has 2 atom stereocenters. The summed E-state index contributed by atoms with van der Waals surface area (Å²) in [6, 6.07) is 0. The molecule has 2 N–H and O–H groups in total. The van der Waals surface area contributed by atoms with E-state index in [2.05, 4.69) is 17.5 Å². The quantitative estimate of drug-likeness (QED) is 0.754. The average Bonchev–Trinajstić information content (AvgIpc) is 2.46. The predicted molar refractivity (Wildman–Crippen MR) is 72.1 cm³/mol. The van der Waals surface area contributed by atoms with Crippen molar-refractivity contribution in [3.8, 4) is 0 Å². The Hall–Kier alpha value is -0.830. The fourth-order valence-electron chi connectivity index (χ4n) is 3.07. The lowest BCUT2D eigenvalue weighted by Gasteiger charge is -2.27. The van der Waals surface area contributed by atoms with E-state index in [1.165, 1.54) is 19.3 Å². The van der Waals surface area contributed by atoms with Crippen molar-refractivity contribution in [2.24, 2.45) is 11.8 Å². The van der Waals surface area contributed by atoms with Gasteiger partial charge >= 0.3 is 0 Å². The molecule has 0 aromatic heterocycles. The number of amides is 1. The number of rotatable bonds is 4. The number of aliphatic hydroxyl groups excluding tert-OH is 1. The summed E-state index contributed by atoms with van der Waals surface area (Å²) in [6.45, 7) is 0.434. The monoisotopic (exact) mass is 251 g/mol. The number of hydrogen-bond donors (Lipinski definition) is 2. The van der Waals surface area contributed by atoms with Crippen molar-refractivity contribution >= 4 is 5.91 Å². The third-order valence-corrected chi connectivity index (χ3v) is 4.32. The van der Waals surface area contributed by atoms with Crippen molar-refractivity contribution < 1.29 is 9.90 Å². The molecule has 0 spiro atoms. The van der Waals surface area contributed by atoms with E-state index in [9.17, 15) is 9.90 Å². The SMILES string of the molecule is O=C(NCC(O)C1CCCCC1)C1CC=CCC1. The Bertz CT molecular complexity index is 295. The van der Waals surface area contributed by atoms with Gasteiger partial charge in [0.15, 0.2) is 0 Å². The molecule has 18 heavy (non-hydrogen) atoms. The summed E-state index contributed by atoms with van der Waals surface area (Å²) in [4.78, 5) is 11.9. The van der Waals surface area contributed by atoms with E-state index in [1.807, 2.05) is 0 Å². The van der Waals surface area contributed by atoms with Crippen LogP contribution < -0.4 is 5.32 Å². The zero-order valence-corrected chi connectivity index (χ0v) is 11.1. The smallest absolute Gasteiger partial charge is 0.223 e. The lowest BCUT2D eigenvalue weighted by Crippen LogP contribution is -2.39. The molecule has 2 rings (SSSR count). The highest BCUT2D eigenvalue weighted by molar-refractivity contribution is 5.78. The van der Waals surface area contributed by atoms with E-state index < -0.39 is 0 Å². The van der Waals surface area contributed by atoms with Gasteiger partial charge in [-0.25, -0.2) is 0 Å². The second kappa shape index (κ2) is 6.93. The van der Waals surface area contributed by atoms with Gasteiger partial charge in [-0.2, -0.15) is 0 Å². The molecule has 0 bridgehead atoms. The van der Waals surface area contributed by atoms with Gasteiger partial charge in [0.2, 0.25) is 5.91 Å². The van der Waals surface area contributed by atoms with E-state index in [0.717, 1.165) is 32.1 Å². The Balaban J connectivity index is 1.69. The molecule has 0 saturated heterocycles. The van der Waals surface area contributed by atoms with E-state index in [0.29, 0.717) is 12.5 Å². The molecule has 0 aromatic carbocycles. The van der Waals surface area contributed by atoms with Gasteiger partial charge in [-0.1, -0.05) is 31.4 Å². The second-order valence-electron chi connectivity index (χ2n) is 5.69. The summed E-state index contributed by atoms with van der Waals surface area (Å²) < 4.78 is 0. The third kappa shape index (κ3) is 3.84. The van der Waals surface area contributed by atoms with Crippen LogP contribution in [-0.4, -0.2) is 23.7 Å². The van der Waals surface area contributed by atoms with Crippen LogP contribution in [0, 0.1) is 11.8 Å². The van der Waals surface area contributed by atoms with Gasteiger partial charge in [0, 0.05) is 12.5 Å². The highest BCUT2D eigenvalue weighted by Crippen LogP contribution is 2.26. The van der Waals surface area contributed by atoms with Crippen LogP contribution in [0.3, 0.4) is 0 Å². The largest absolute Gasteiger partial charge is 0.391 e. The van der Waals surface area contributed by atoms with Crippen molar-refractivity contribution in [3.63, 3.8) is 0 Å². The van der Waals surface area contributed by atoms with E-state index >= 15 is 0 Å². The Labute approximate surface area is 110 Å². The van der Waals surface area contributed by atoms with E-state index in [4.69, 9.17) is 0 Å². The fourth-order valence-corrected chi connectivity index (χ4v) is 3.07. The first-order chi connectivity index (χ1) is 8.77. The number of allylic oxidation sites excluding steroid dienone is 2. The molecule has 2 aliphatic rings. The Morgan fingerprint density at radius 1 is 1.22 bits per heavy atom. The Morgan fingerprint density at radius 3 is 2.67 bits per heavy atom. The fraction of sp³-hybridized carbons (Fsp3) is 0.800. The summed E-state index contributed by atoms with van der Waals surface area (Å²) >= 11 is 0. The van der Waals surface area contributed by atoms with E-state index in [1.54, 1.807) is 0 Å². The molecule has 2 aliphatic carbocycles. The summed E-state index contributed by atoms with van der Waals surface area (Å²) in [6.07, 6.45) is 12.7. The number of nitrogens with one attached hydrogen (secondary N) is 1. The Kier molecular flexibility index (Phi) is 5.24. The van der Waals surface area contributed by atoms with Crippen LogP contribution in [0.5, 0.6) is 0 Å². The topological polar surface area (TPSA) is 49.3 Å². The number of carbonyl (C=O) groups excluding carboxylic acids is 1. The summed E-state index contributed by atoms with van der Waals surface area (Å²) in [5, 5.41) is 13.0. The van der Waals surface area contributed by atoms with Crippen LogP contribution in [0.1, 0.15) is 51.4 Å². The first kappa shape index (κ1) is 13.6. The van der Waals surface area contributed by atoms with Gasteiger partial charge in [-0.3, -0.25) is 4.79 Å². The highest BCUT2D eigenvalue weighted by Gasteiger charge is 2.24. The highest BCUT2D eigenvalue weighted by atomic mass is 16.3. The zero-order chi connectivity index (χ0) is 12.8. The predicted octanol–water partition coefficient (Wildman–Crippen LogP) is 2.40. The van der Waals surface area contributed by atoms with Crippen molar-refractivity contribution in [2.75, 3.05) is 6.54 Å². The molecule has 3 nitrogen and oxygen atoms in total. The summed E-state index contributed by atoms with van der Waals surface area (Å²) in [7, 11) is 0. The van der Waals surface area contributed by atoms with Gasteiger partial charge < -0.3 is 10.4 Å². The van der Waals surface area contributed by atoms with Gasteiger partial charge in [-0.05, 0) is 38.0 Å². The molecular formula is C15H25NO2. The van der Waals surface area contributed by atoms with Crippen molar-refractivity contribution in [1.29, 1.82) is 0 Å². The summed E-state index contributed by atoms with van der Waals surface area (Å²) in [5.41, 5.74) is 0. The lowest BCUT2D eigenvalue weighted by molar-refractivity contribution is -0.125. The minimum Gasteiger partial charge on any atom is -0.391 e. The minimum absolute atomic E-state index is 0.119. The van der Waals surface area contributed by atoms with Crippen molar-refractivity contribution in [3.05, 3.63) is 12.2 Å². The van der Waals surface area contributed by atoms with Gasteiger partial charge in [0.1, 0.15) is 0 Å². The zero-order valence-electron chi connectivity index (χ0n) is 11.1. The molecule has 3 heteroatoms. The number of aliphatic hydroxyl groups is 1. The van der Waals surface area contributed by atoms with Crippen LogP contribution in [0.15, 0.2) is 12.2 Å². The molecule has 2 unspecified atom stereocenters. The molecule has 1 saturated carbocycles. The second-order valence-corrected chi connectivity index (χ2v) is 5.69. The lowest BCUT2D eigenvalue weighted by atomic mass is 9.85. The molecule has 0 aliphatic heterocycles. The molecule has 0 aromatic rings. The van der Waals surface area contributed by atoms with Crippen LogP contribution in [0.4, 0.5) is 0 Å². The minimum atomic E-state index is -0.353. The molecule has 102 valence electrons. The normalized spacial score (nSPS) is 26.8. The summed E-state index contributed by atoms with van der Waals surface area (Å²) in [5.74, 6) is 0.632. The molecule has 1 amide bonds. The maximum Gasteiger partial charge on any atom is 0.223 e. The van der Waals surface area contributed by atoms with E-state index in [-0.39, 0.29) is 17.9 Å². The molecule has 0 heterocycles. The van der Waals surface area contributed by atoms with Gasteiger partial charge in [-0.15, -0.1) is 0 Å². The average molecular weight is 251 g/mol. The Morgan fingerprint density at radius 2 is 2.00 bits per heavy atom. The van der Waals surface area contributed by atoms with Crippen molar-refractivity contribution in [1.82, 2.24) is 5.32 Å². The van der Waals surface area contributed by atoms with Crippen LogP contribution in [0.2, 0.25) is 0 Å². The van der Waals surface area contributed by atoms with Crippen LogP contribution in [0.25, 0.3) is 0 Å². The van der Waals surface area contributed by atoms with Crippen LogP contribution >= 0.6 is 0 Å². The standard InChI is InChI=1S/C15H25NO2/c17-14(12-7-3-1-4-8-12)11-16-15(18)13-9-5-2-6-10-13/h2,5,12-14,17H,1,3-4,6-11H2,(H,16,18). The first-order valence-corrected chi connectivity index (χ1v) is 7.38. The number of carbonyl (C=O) groups is 1. The van der Waals surface area contributed by atoms with Crippen LogP contribution in [-0.2, 0) is 4.79 Å². The molecule has 0 radical (unpaired) electrons. The van der Waals surface area contributed by atoms with Gasteiger partial charge in [0.05, 0.1) is 6.10 Å². The molecule has 1 fully saturated rings. The van der Waals surface area contributed by atoms with Gasteiger partial charge in [0.25, 0.3) is 0 Å². The third-order valence-electron chi connectivity index (χ3n) is 4.32. The maximum atomic E-state index is 11.9. The molecular weight excluding hydrogens is 226 g/mol. The van der Waals surface area contributed by atoms with Crippen molar-refractivity contribution in [2.45, 2.75) is 57.5 Å². The maximum absolute atomic E-state index is 11.9. The first-order valence-electron chi connectivity index (χ1n) is 7.38.